The molecule has 3 heterocycles. The third-order valence-electron chi connectivity index (χ3n) is 5.59. The highest BCUT2D eigenvalue weighted by atomic mass is 15.3. The molecule has 2 aromatic rings. The Morgan fingerprint density at radius 3 is 2.96 bits per heavy atom. The summed E-state index contributed by atoms with van der Waals surface area (Å²) in [4.78, 5) is 10.3. The maximum absolute atomic E-state index is 4.95. The lowest BCUT2D eigenvalue weighted by molar-refractivity contribution is 0.0516. The van der Waals surface area contributed by atoms with Crippen LogP contribution >= 0.6 is 0 Å². The Morgan fingerprint density at radius 1 is 1.22 bits per heavy atom. The Morgan fingerprint density at radius 2 is 2.09 bits per heavy atom. The summed E-state index contributed by atoms with van der Waals surface area (Å²) in [6.07, 6.45) is 3.90. The van der Waals surface area contributed by atoms with Crippen molar-refractivity contribution in [2.45, 2.75) is 58.3 Å². The van der Waals surface area contributed by atoms with E-state index in [4.69, 9.17) is 4.98 Å². The minimum atomic E-state index is 0.624. The number of fused-ring (bicyclic) bond motifs is 2. The summed E-state index contributed by atoms with van der Waals surface area (Å²) in [5.74, 6) is 1.24. The lowest BCUT2D eigenvalue weighted by atomic mass is 10.1. The Kier molecular flexibility index (Phi) is 4.12. The predicted octanol–water partition coefficient (Wildman–Crippen LogP) is 3.11. The number of hydrogen-bond acceptors (Lipinski definition) is 3. The van der Waals surface area contributed by atoms with Crippen LogP contribution in [0.3, 0.4) is 0 Å². The first-order chi connectivity index (χ1) is 11.3. The second-order valence-corrected chi connectivity index (χ2v) is 7.24. The molecule has 0 spiro atoms. The van der Waals surface area contributed by atoms with Crippen LogP contribution in [0.2, 0.25) is 0 Å². The molecule has 2 fully saturated rings. The highest BCUT2D eigenvalue weighted by molar-refractivity contribution is 5.75. The van der Waals surface area contributed by atoms with Crippen molar-refractivity contribution in [2.24, 2.45) is 0 Å². The molecule has 0 saturated carbocycles. The zero-order chi connectivity index (χ0) is 15.8. The summed E-state index contributed by atoms with van der Waals surface area (Å²) in [5, 5.41) is 0. The monoisotopic (exact) mass is 312 g/mol. The van der Waals surface area contributed by atoms with Gasteiger partial charge in [0.25, 0.3) is 0 Å². The molecule has 2 aliphatic rings. The molecule has 4 nitrogen and oxygen atoms in total. The van der Waals surface area contributed by atoms with Crippen molar-refractivity contribution < 1.29 is 0 Å². The number of imidazole rings is 1. The summed E-state index contributed by atoms with van der Waals surface area (Å²) in [6.45, 7) is 10.4. The molecule has 2 atom stereocenters. The molecule has 0 aliphatic carbocycles. The van der Waals surface area contributed by atoms with Crippen LogP contribution in [0, 0.1) is 0 Å². The molecule has 1 aromatic heterocycles. The number of hydrogen-bond donors (Lipinski definition) is 0. The maximum atomic E-state index is 4.95. The number of rotatable bonds is 4. The van der Waals surface area contributed by atoms with Gasteiger partial charge in [-0.1, -0.05) is 19.1 Å². The van der Waals surface area contributed by atoms with Gasteiger partial charge in [0.1, 0.15) is 5.82 Å². The van der Waals surface area contributed by atoms with Crippen molar-refractivity contribution >= 4 is 11.0 Å². The minimum absolute atomic E-state index is 0.624. The molecule has 1 aromatic carbocycles. The van der Waals surface area contributed by atoms with Gasteiger partial charge in [0.2, 0.25) is 0 Å². The first-order valence-electron chi connectivity index (χ1n) is 9.18. The van der Waals surface area contributed by atoms with Crippen LogP contribution in [0.25, 0.3) is 11.0 Å². The minimum Gasteiger partial charge on any atom is -0.327 e. The zero-order valence-electron chi connectivity index (χ0n) is 14.4. The van der Waals surface area contributed by atoms with E-state index in [0.717, 1.165) is 31.1 Å². The van der Waals surface area contributed by atoms with Gasteiger partial charge in [-0.3, -0.25) is 9.80 Å². The van der Waals surface area contributed by atoms with Crippen molar-refractivity contribution in [3.63, 3.8) is 0 Å². The molecule has 0 amide bonds. The van der Waals surface area contributed by atoms with Crippen molar-refractivity contribution in [3.8, 4) is 0 Å². The van der Waals surface area contributed by atoms with Gasteiger partial charge in [-0.05, 0) is 44.9 Å². The first kappa shape index (κ1) is 15.2. The number of para-hydroxylation sites is 2. The fourth-order valence-corrected chi connectivity index (χ4v) is 4.37. The largest absolute Gasteiger partial charge is 0.327 e. The van der Waals surface area contributed by atoms with Gasteiger partial charge in [0.05, 0.1) is 17.6 Å². The molecule has 1 unspecified atom stereocenters. The first-order valence-corrected chi connectivity index (χ1v) is 9.18. The Balaban J connectivity index is 1.60. The Bertz CT molecular complexity index is 677. The lowest BCUT2D eigenvalue weighted by Crippen LogP contribution is -2.54. The average molecular weight is 312 g/mol. The Labute approximate surface area is 139 Å². The fourth-order valence-electron chi connectivity index (χ4n) is 4.37. The van der Waals surface area contributed by atoms with E-state index in [-0.39, 0.29) is 0 Å². The van der Waals surface area contributed by atoms with Gasteiger partial charge < -0.3 is 4.57 Å². The van der Waals surface area contributed by atoms with Crippen molar-refractivity contribution in [1.82, 2.24) is 19.4 Å². The highest BCUT2D eigenvalue weighted by Gasteiger charge is 2.34. The van der Waals surface area contributed by atoms with Crippen LogP contribution in [0.1, 0.15) is 38.9 Å². The molecular weight excluding hydrogens is 284 g/mol. The molecule has 0 radical (unpaired) electrons. The van der Waals surface area contributed by atoms with Gasteiger partial charge in [-0.15, -0.1) is 0 Å². The van der Waals surface area contributed by atoms with Crippen LogP contribution in [0.15, 0.2) is 24.3 Å². The van der Waals surface area contributed by atoms with Crippen LogP contribution in [0.5, 0.6) is 0 Å². The smallest absolute Gasteiger partial charge is 0.124 e. The van der Waals surface area contributed by atoms with E-state index in [0.29, 0.717) is 6.04 Å². The van der Waals surface area contributed by atoms with Gasteiger partial charge in [-0.25, -0.2) is 4.98 Å². The molecule has 4 rings (SSSR count). The molecule has 124 valence electrons. The SMILES string of the molecule is CCCn1c(CN2CC3CCCN3C[C@@H]2C)nc2ccccc21. The third-order valence-corrected chi connectivity index (χ3v) is 5.59. The summed E-state index contributed by atoms with van der Waals surface area (Å²) in [7, 11) is 0. The topological polar surface area (TPSA) is 24.3 Å². The normalized spacial score (nSPS) is 26.0. The van der Waals surface area contributed by atoms with E-state index >= 15 is 0 Å². The van der Waals surface area contributed by atoms with Gasteiger partial charge >= 0.3 is 0 Å². The molecule has 2 saturated heterocycles. The van der Waals surface area contributed by atoms with Crippen LogP contribution in [-0.4, -0.2) is 51.1 Å². The fraction of sp³-hybridized carbons (Fsp3) is 0.632. The van der Waals surface area contributed by atoms with E-state index in [1.807, 2.05) is 0 Å². The number of nitrogens with zero attached hydrogens (tertiary/aromatic N) is 4. The zero-order valence-corrected chi connectivity index (χ0v) is 14.4. The number of benzene rings is 1. The maximum Gasteiger partial charge on any atom is 0.124 e. The van der Waals surface area contributed by atoms with E-state index < -0.39 is 0 Å². The van der Waals surface area contributed by atoms with Crippen molar-refractivity contribution in [1.29, 1.82) is 0 Å². The molecule has 2 aliphatic heterocycles. The average Bonchev–Trinajstić information content (AvgIpc) is 3.13. The van der Waals surface area contributed by atoms with E-state index in [1.54, 1.807) is 0 Å². The summed E-state index contributed by atoms with van der Waals surface area (Å²) < 4.78 is 2.43. The van der Waals surface area contributed by atoms with Crippen LogP contribution in [-0.2, 0) is 13.1 Å². The van der Waals surface area contributed by atoms with Gasteiger partial charge in [0.15, 0.2) is 0 Å². The summed E-state index contributed by atoms with van der Waals surface area (Å²) in [6, 6.07) is 9.97. The van der Waals surface area contributed by atoms with Crippen LogP contribution < -0.4 is 0 Å². The number of piperazine rings is 1. The molecule has 23 heavy (non-hydrogen) atoms. The second kappa shape index (κ2) is 6.25. The quantitative estimate of drug-likeness (QED) is 0.867. The molecule has 0 bridgehead atoms. The standard InChI is InChI=1S/C19H28N4/c1-3-10-23-18-9-5-4-8-17(18)20-19(23)14-22-13-16-7-6-11-21(16)12-15(22)2/h4-5,8-9,15-16H,3,6-7,10-14H2,1-2H3/t15-,16?/m0/s1. The van der Waals surface area contributed by atoms with Crippen molar-refractivity contribution in [2.75, 3.05) is 19.6 Å². The summed E-state index contributed by atoms with van der Waals surface area (Å²) in [5.41, 5.74) is 2.43. The number of aromatic nitrogens is 2. The highest BCUT2D eigenvalue weighted by Crippen LogP contribution is 2.26. The molecule has 0 N–H and O–H groups in total. The van der Waals surface area contributed by atoms with E-state index in [9.17, 15) is 0 Å². The predicted molar refractivity (Wildman–Crippen MR) is 94.5 cm³/mol. The lowest BCUT2D eigenvalue weighted by Gasteiger charge is -2.42. The van der Waals surface area contributed by atoms with Gasteiger partial charge in [0, 0.05) is 31.7 Å². The van der Waals surface area contributed by atoms with E-state index in [2.05, 4.69) is 52.5 Å². The van der Waals surface area contributed by atoms with Crippen LogP contribution in [0.4, 0.5) is 0 Å². The van der Waals surface area contributed by atoms with Crippen molar-refractivity contribution in [3.05, 3.63) is 30.1 Å². The Hall–Kier alpha value is -1.39. The number of aryl methyl sites for hydroxylation is 1. The second-order valence-electron chi connectivity index (χ2n) is 7.24. The summed E-state index contributed by atoms with van der Waals surface area (Å²) >= 11 is 0. The molecular formula is C19H28N4. The van der Waals surface area contributed by atoms with Gasteiger partial charge in [-0.2, -0.15) is 0 Å². The van der Waals surface area contributed by atoms with E-state index in [1.165, 1.54) is 43.8 Å². The third kappa shape index (κ3) is 2.79. The molecule has 4 heteroatoms.